The van der Waals surface area contributed by atoms with E-state index in [1.807, 2.05) is 6.07 Å². The van der Waals surface area contributed by atoms with Crippen LogP contribution in [0.2, 0.25) is 0 Å². The second-order valence-corrected chi connectivity index (χ2v) is 2.21. The van der Waals surface area contributed by atoms with Gasteiger partial charge in [-0.1, -0.05) is 6.07 Å². The van der Waals surface area contributed by atoms with Crippen molar-refractivity contribution in [2.24, 2.45) is 0 Å². The van der Waals surface area contributed by atoms with Crippen LogP contribution in [0.25, 0.3) is 6.08 Å². The molecule has 0 saturated carbocycles. The molecule has 1 aromatic rings. The maximum atomic E-state index is 8.69. The van der Waals surface area contributed by atoms with Gasteiger partial charge in [-0.15, -0.1) is 0 Å². The molecule has 0 radical (unpaired) electrons. The molecule has 0 aliphatic carbocycles. The van der Waals surface area contributed by atoms with Crippen molar-refractivity contribution in [2.45, 2.75) is 6.61 Å². The first-order chi connectivity index (χ1) is 5.86. The number of aromatic nitrogens is 1. The predicted octanol–water partition coefficient (Wildman–Crippen LogP) is 1.11. The van der Waals surface area contributed by atoms with E-state index in [4.69, 9.17) is 10.4 Å². The second-order valence-electron chi connectivity index (χ2n) is 2.21. The van der Waals surface area contributed by atoms with Crippen LogP contribution in [-0.4, -0.2) is 10.1 Å². The summed E-state index contributed by atoms with van der Waals surface area (Å²) in [5.74, 6) is 0. The number of hydrogen-bond acceptors (Lipinski definition) is 3. The Bertz CT molecular complexity index is 308. The van der Waals surface area contributed by atoms with Crippen LogP contribution in [0.3, 0.4) is 0 Å². The number of aliphatic hydroxyl groups is 1. The van der Waals surface area contributed by atoms with Crippen LogP contribution in [0, 0.1) is 11.3 Å². The minimum absolute atomic E-state index is 0.00472. The van der Waals surface area contributed by atoms with Crippen LogP contribution >= 0.6 is 0 Å². The van der Waals surface area contributed by atoms with E-state index < -0.39 is 0 Å². The highest BCUT2D eigenvalue weighted by Gasteiger charge is 1.89. The number of nitriles is 1. The van der Waals surface area contributed by atoms with Gasteiger partial charge in [-0.25, -0.2) is 0 Å². The lowest BCUT2D eigenvalue weighted by Crippen LogP contribution is -1.85. The number of nitrogens with zero attached hydrogens (tertiary/aromatic N) is 2. The summed E-state index contributed by atoms with van der Waals surface area (Å²) in [4.78, 5) is 3.99. The zero-order valence-corrected chi connectivity index (χ0v) is 6.44. The number of allylic oxidation sites excluding steroid dienone is 1. The molecule has 1 aromatic heterocycles. The van der Waals surface area contributed by atoms with E-state index in [-0.39, 0.29) is 6.61 Å². The largest absolute Gasteiger partial charge is 0.392 e. The summed E-state index contributed by atoms with van der Waals surface area (Å²) in [5.41, 5.74) is 1.48. The lowest BCUT2D eigenvalue weighted by molar-refractivity contribution is 0.281. The minimum atomic E-state index is -0.00472. The summed E-state index contributed by atoms with van der Waals surface area (Å²) in [6.45, 7) is -0.00472. The third kappa shape index (κ3) is 2.19. The molecule has 0 aromatic carbocycles. The van der Waals surface area contributed by atoms with Crippen molar-refractivity contribution >= 4 is 6.08 Å². The molecule has 0 atom stereocenters. The highest BCUT2D eigenvalue weighted by atomic mass is 16.3. The average Bonchev–Trinajstić information content (AvgIpc) is 2.15. The van der Waals surface area contributed by atoms with Crippen molar-refractivity contribution in [1.82, 2.24) is 4.98 Å². The van der Waals surface area contributed by atoms with Gasteiger partial charge < -0.3 is 5.11 Å². The Kier molecular flexibility index (Phi) is 3.00. The fourth-order valence-corrected chi connectivity index (χ4v) is 0.751. The highest BCUT2D eigenvalue weighted by molar-refractivity contribution is 5.47. The molecule has 0 bridgehead atoms. The van der Waals surface area contributed by atoms with Gasteiger partial charge in [0.25, 0.3) is 0 Å². The quantitative estimate of drug-likeness (QED) is 0.659. The molecule has 12 heavy (non-hydrogen) atoms. The van der Waals surface area contributed by atoms with Crippen LogP contribution in [0.15, 0.2) is 24.4 Å². The van der Waals surface area contributed by atoms with Crippen LogP contribution in [0.1, 0.15) is 11.3 Å². The van der Waals surface area contributed by atoms with Crippen molar-refractivity contribution in [3.05, 3.63) is 35.7 Å². The Morgan fingerprint density at radius 2 is 2.42 bits per heavy atom. The number of aliphatic hydroxyl groups excluding tert-OH is 1. The fourth-order valence-electron chi connectivity index (χ4n) is 0.751. The van der Waals surface area contributed by atoms with E-state index in [0.29, 0.717) is 5.69 Å². The summed E-state index contributed by atoms with van der Waals surface area (Å²) in [7, 11) is 0. The first kappa shape index (κ1) is 8.44. The molecular weight excluding hydrogens is 152 g/mol. The Labute approximate surface area is 70.6 Å². The topological polar surface area (TPSA) is 56.9 Å². The molecule has 3 nitrogen and oxygen atoms in total. The monoisotopic (exact) mass is 160 g/mol. The van der Waals surface area contributed by atoms with Gasteiger partial charge >= 0.3 is 0 Å². The Balaban J connectivity index is 2.79. The molecule has 0 aliphatic heterocycles. The van der Waals surface area contributed by atoms with Crippen LogP contribution < -0.4 is 0 Å². The van der Waals surface area contributed by atoms with Gasteiger partial charge in [0.15, 0.2) is 0 Å². The van der Waals surface area contributed by atoms with E-state index in [1.54, 1.807) is 24.4 Å². The van der Waals surface area contributed by atoms with Crippen molar-refractivity contribution in [2.75, 3.05) is 0 Å². The number of rotatable bonds is 2. The van der Waals surface area contributed by atoms with Crippen molar-refractivity contribution in [3.63, 3.8) is 0 Å². The highest BCUT2D eigenvalue weighted by Crippen LogP contribution is 2.01. The lowest BCUT2D eigenvalue weighted by Gasteiger charge is -1.94. The molecule has 0 amide bonds. The van der Waals surface area contributed by atoms with Crippen LogP contribution in [-0.2, 0) is 6.61 Å². The first-order valence-corrected chi connectivity index (χ1v) is 3.49. The number of pyridine rings is 1. The van der Waals surface area contributed by atoms with Crippen molar-refractivity contribution in [3.8, 4) is 6.07 Å². The first-order valence-electron chi connectivity index (χ1n) is 3.49. The molecule has 1 N–H and O–H groups in total. The van der Waals surface area contributed by atoms with Crippen LogP contribution in [0.5, 0.6) is 0 Å². The average molecular weight is 160 g/mol. The third-order valence-electron chi connectivity index (χ3n) is 1.36. The van der Waals surface area contributed by atoms with Gasteiger partial charge in [0.1, 0.15) is 0 Å². The summed E-state index contributed by atoms with van der Waals surface area (Å²) >= 11 is 0. The molecule has 3 heteroatoms. The maximum absolute atomic E-state index is 8.69. The van der Waals surface area contributed by atoms with E-state index in [9.17, 15) is 0 Å². The predicted molar refractivity (Wildman–Crippen MR) is 44.8 cm³/mol. The van der Waals surface area contributed by atoms with Gasteiger partial charge in [0.05, 0.1) is 18.4 Å². The van der Waals surface area contributed by atoms with Gasteiger partial charge in [-0.3, -0.25) is 4.98 Å². The third-order valence-corrected chi connectivity index (χ3v) is 1.36. The Morgan fingerprint density at radius 1 is 1.58 bits per heavy atom. The van der Waals surface area contributed by atoms with Gasteiger partial charge in [-0.05, 0) is 17.7 Å². The lowest BCUT2D eigenvalue weighted by atomic mass is 10.2. The SMILES string of the molecule is N#CC=Cc1ccc(CO)cn1. The second kappa shape index (κ2) is 4.27. The molecule has 1 rings (SSSR count). The fraction of sp³-hybridized carbons (Fsp3) is 0.111. The summed E-state index contributed by atoms with van der Waals surface area (Å²) in [6, 6.07) is 5.39. The van der Waals surface area contributed by atoms with Crippen molar-refractivity contribution < 1.29 is 5.11 Å². The smallest absolute Gasteiger partial charge is 0.0912 e. The Hall–Kier alpha value is -1.66. The molecule has 0 unspecified atom stereocenters. The van der Waals surface area contributed by atoms with Crippen LogP contribution in [0.4, 0.5) is 0 Å². The van der Waals surface area contributed by atoms with Gasteiger partial charge in [0, 0.05) is 12.3 Å². The maximum Gasteiger partial charge on any atom is 0.0912 e. The molecule has 0 fully saturated rings. The zero-order valence-electron chi connectivity index (χ0n) is 6.44. The standard InChI is InChI=1S/C9H8N2O/c10-5-1-2-9-4-3-8(7-12)6-11-9/h1-4,6,12H,7H2. The summed E-state index contributed by atoms with van der Waals surface area (Å²) < 4.78 is 0. The van der Waals surface area contributed by atoms with E-state index in [1.165, 1.54) is 6.08 Å². The van der Waals surface area contributed by atoms with E-state index in [0.717, 1.165) is 5.56 Å². The molecule has 0 saturated heterocycles. The molecule has 0 spiro atoms. The molecule has 60 valence electrons. The molecule has 0 aliphatic rings. The van der Waals surface area contributed by atoms with Gasteiger partial charge in [0.2, 0.25) is 0 Å². The van der Waals surface area contributed by atoms with E-state index >= 15 is 0 Å². The normalized spacial score (nSPS) is 10.0. The number of hydrogen-bond donors (Lipinski definition) is 1. The van der Waals surface area contributed by atoms with Crippen molar-refractivity contribution in [1.29, 1.82) is 5.26 Å². The zero-order chi connectivity index (χ0) is 8.81. The molecule has 1 heterocycles. The van der Waals surface area contributed by atoms with E-state index in [2.05, 4.69) is 4.98 Å². The minimum Gasteiger partial charge on any atom is -0.392 e. The van der Waals surface area contributed by atoms with Gasteiger partial charge in [-0.2, -0.15) is 5.26 Å². The summed E-state index contributed by atoms with van der Waals surface area (Å²) in [6.07, 6.45) is 4.55. The Morgan fingerprint density at radius 3 is 2.92 bits per heavy atom. The summed E-state index contributed by atoms with van der Waals surface area (Å²) in [5, 5.41) is 16.9. The molecular formula is C9H8N2O.